The molecule has 2 atom stereocenters. The van der Waals surface area contributed by atoms with Crippen molar-refractivity contribution in [2.24, 2.45) is 0 Å². The third-order valence-electron chi connectivity index (χ3n) is 3.74. The van der Waals surface area contributed by atoms with Crippen LogP contribution >= 0.6 is 11.8 Å². The first-order chi connectivity index (χ1) is 10.1. The highest BCUT2D eigenvalue weighted by atomic mass is 32.2. The first kappa shape index (κ1) is 15.7. The Hall–Kier alpha value is -1.69. The summed E-state index contributed by atoms with van der Waals surface area (Å²) in [6, 6.07) is 7.07. The fourth-order valence-electron chi connectivity index (χ4n) is 2.63. The Kier molecular flexibility index (Phi) is 5.50. The van der Waals surface area contributed by atoms with Crippen LogP contribution in [0, 0.1) is 0 Å². The number of benzene rings is 1. The summed E-state index contributed by atoms with van der Waals surface area (Å²) in [5, 5.41) is 14.3. The Morgan fingerprint density at radius 3 is 2.19 bits per heavy atom. The summed E-state index contributed by atoms with van der Waals surface area (Å²) in [7, 11) is 0. The molecule has 1 saturated carbocycles. The van der Waals surface area contributed by atoms with Gasteiger partial charge in [0.1, 0.15) is 0 Å². The minimum atomic E-state index is -1.04. The molecule has 0 bridgehead atoms. The summed E-state index contributed by atoms with van der Waals surface area (Å²) in [6.45, 7) is 0. The van der Waals surface area contributed by atoms with E-state index in [0.717, 1.165) is 30.6 Å². The third-order valence-corrected chi connectivity index (χ3v) is 4.49. The SMILES string of the molecule is CSc1ccc(C(=O)N[C@H]2CCCC[C@H]2NC(=O)O)cc1. The molecule has 0 unspecified atom stereocenters. The van der Waals surface area contributed by atoms with Crippen molar-refractivity contribution in [3.05, 3.63) is 29.8 Å². The smallest absolute Gasteiger partial charge is 0.404 e. The number of carbonyl (C=O) groups is 2. The molecule has 0 heterocycles. The lowest BCUT2D eigenvalue weighted by atomic mass is 9.90. The van der Waals surface area contributed by atoms with E-state index in [1.807, 2.05) is 18.4 Å². The van der Waals surface area contributed by atoms with Gasteiger partial charge in [0, 0.05) is 16.5 Å². The van der Waals surface area contributed by atoms with Gasteiger partial charge in [-0.3, -0.25) is 4.79 Å². The largest absolute Gasteiger partial charge is 0.465 e. The van der Waals surface area contributed by atoms with Crippen LogP contribution in [-0.4, -0.2) is 35.4 Å². The molecule has 1 aliphatic carbocycles. The molecule has 0 saturated heterocycles. The molecular formula is C15H20N2O3S. The number of carbonyl (C=O) groups excluding carboxylic acids is 1. The summed E-state index contributed by atoms with van der Waals surface area (Å²) in [4.78, 5) is 24.2. The summed E-state index contributed by atoms with van der Waals surface area (Å²) in [5.41, 5.74) is 0.604. The zero-order valence-corrected chi connectivity index (χ0v) is 12.8. The molecule has 5 nitrogen and oxygen atoms in total. The molecule has 0 aliphatic heterocycles. The van der Waals surface area contributed by atoms with Crippen molar-refractivity contribution in [2.45, 2.75) is 42.7 Å². The van der Waals surface area contributed by atoms with E-state index in [4.69, 9.17) is 5.11 Å². The minimum Gasteiger partial charge on any atom is -0.465 e. The topological polar surface area (TPSA) is 78.4 Å². The summed E-state index contributed by atoms with van der Waals surface area (Å²) in [5.74, 6) is -0.147. The lowest BCUT2D eigenvalue weighted by molar-refractivity contribution is 0.0912. The van der Waals surface area contributed by atoms with Gasteiger partial charge in [-0.25, -0.2) is 4.79 Å². The molecule has 21 heavy (non-hydrogen) atoms. The molecule has 2 rings (SSSR count). The van der Waals surface area contributed by atoms with Crippen LogP contribution in [0.25, 0.3) is 0 Å². The van der Waals surface area contributed by atoms with Crippen LogP contribution in [-0.2, 0) is 0 Å². The zero-order valence-electron chi connectivity index (χ0n) is 12.0. The van der Waals surface area contributed by atoms with E-state index < -0.39 is 6.09 Å². The summed E-state index contributed by atoms with van der Waals surface area (Å²) in [6.07, 6.45) is 4.51. The second-order valence-electron chi connectivity index (χ2n) is 5.15. The maximum atomic E-state index is 12.3. The van der Waals surface area contributed by atoms with Gasteiger partial charge >= 0.3 is 6.09 Å². The molecule has 2 amide bonds. The van der Waals surface area contributed by atoms with Crippen LogP contribution in [0.4, 0.5) is 4.79 Å². The van der Waals surface area contributed by atoms with Crippen molar-refractivity contribution in [1.29, 1.82) is 0 Å². The number of carboxylic acid groups (broad SMARTS) is 1. The lowest BCUT2D eigenvalue weighted by Crippen LogP contribution is -2.52. The minimum absolute atomic E-state index is 0.137. The van der Waals surface area contributed by atoms with Gasteiger partial charge in [0.05, 0.1) is 6.04 Å². The maximum Gasteiger partial charge on any atom is 0.404 e. The van der Waals surface area contributed by atoms with Gasteiger partial charge in [0.15, 0.2) is 0 Å². The highest BCUT2D eigenvalue weighted by molar-refractivity contribution is 7.98. The predicted molar refractivity (Wildman–Crippen MR) is 82.9 cm³/mol. The van der Waals surface area contributed by atoms with Crippen LogP contribution in [0.5, 0.6) is 0 Å². The molecule has 114 valence electrons. The Labute approximate surface area is 128 Å². The van der Waals surface area contributed by atoms with E-state index in [-0.39, 0.29) is 18.0 Å². The molecule has 3 N–H and O–H groups in total. The van der Waals surface area contributed by atoms with Crippen LogP contribution in [0.2, 0.25) is 0 Å². The van der Waals surface area contributed by atoms with Gasteiger partial charge < -0.3 is 15.7 Å². The first-order valence-electron chi connectivity index (χ1n) is 7.04. The molecule has 0 aromatic heterocycles. The Balaban J connectivity index is 2.00. The van der Waals surface area contributed by atoms with E-state index in [1.54, 1.807) is 23.9 Å². The fourth-order valence-corrected chi connectivity index (χ4v) is 3.04. The normalized spacial score (nSPS) is 21.6. The average Bonchev–Trinajstić information content (AvgIpc) is 2.49. The molecule has 1 aromatic rings. The highest BCUT2D eigenvalue weighted by Crippen LogP contribution is 2.20. The molecule has 1 fully saturated rings. The zero-order chi connectivity index (χ0) is 15.2. The van der Waals surface area contributed by atoms with Gasteiger partial charge in [-0.05, 0) is 43.4 Å². The highest BCUT2D eigenvalue weighted by Gasteiger charge is 2.27. The second kappa shape index (κ2) is 7.36. The Bertz CT molecular complexity index is 504. The monoisotopic (exact) mass is 308 g/mol. The number of amides is 2. The van der Waals surface area contributed by atoms with E-state index in [0.29, 0.717) is 5.56 Å². The number of thioether (sulfide) groups is 1. The van der Waals surface area contributed by atoms with Gasteiger partial charge in [-0.15, -0.1) is 11.8 Å². The fraction of sp³-hybridized carbons (Fsp3) is 0.467. The Morgan fingerprint density at radius 2 is 1.67 bits per heavy atom. The summed E-state index contributed by atoms with van der Waals surface area (Å²) >= 11 is 1.63. The number of nitrogens with one attached hydrogen (secondary N) is 2. The molecule has 6 heteroatoms. The maximum absolute atomic E-state index is 12.3. The van der Waals surface area contributed by atoms with Gasteiger partial charge in [0.25, 0.3) is 5.91 Å². The second-order valence-corrected chi connectivity index (χ2v) is 6.03. The number of hydrogen-bond acceptors (Lipinski definition) is 3. The van der Waals surface area contributed by atoms with E-state index >= 15 is 0 Å². The van der Waals surface area contributed by atoms with Crippen LogP contribution in [0.15, 0.2) is 29.2 Å². The van der Waals surface area contributed by atoms with Gasteiger partial charge in [-0.2, -0.15) is 0 Å². The number of hydrogen-bond donors (Lipinski definition) is 3. The van der Waals surface area contributed by atoms with Crippen molar-refractivity contribution < 1.29 is 14.7 Å². The molecular weight excluding hydrogens is 288 g/mol. The lowest BCUT2D eigenvalue weighted by Gasteiger charge is -2.32. The quantitative estimate of drug-likeness (QED) is 0.747. The van der Waals surface area contributed by atoms with Crippen LogP contribution in [0.3, 0.4) is 0 Å². The van der Waals surface area contributed by atoms with Crippen LogP contribution < -0.4 is 10.6 Å². The standard InChI is InChI=1S/C15H20N2O3S/c1-21-11-8-6-10(7-9-11)14(18)16-12-4-2-3-5-13(12)17-15(19)20/h6-9,12-13,17H,2-5H2,1H3,(H,16,18)(H,19,20)/t12-,13+/m0/s1. The van der Waals surface area contributed by atoms with Crippen molar-refractivity contribution in [1.82, 2.24) is 10.6 Å². The van der Waals surface area contributed by atoms with Crippen molar-refractivity contribution in [3.8, 4) is 0 Å². The van der Waals surface area contributed by atoms with Crippen LogP contribution in [0.1, 0.15) is 36.0 Å². The van der Waals surface area contributed by atoms with Crippen molar-refractivity contribution in [2.75, 3.05) is 6.26 Å². The van der Waals surface area contributed by atoms with Crippen molar-refractivity contribution >= 4 is 23.8 Å². The molecule has 0 radical (unpaired) electrons. The van der Waals surface area contributed by atoms with E-state index in [2.05, 4.69) is 10.6 Å². The van der Waals surface area contributed by atoms with E-state index in [1.165, 1.54) is 0 Å². The predicted octanol–water partition coefficient (Wildman–Crippen LogP) is 2.72. The number of rotatable bonds is 4. The van der Waals surface area contributed by atoms with Crippen molar-refractivity contribution in [3.63, 3.8) is 0 Å². The van der Waals surface area contributed by atoms with E-state index in [9.17, 15) is 9.59 Å². The van der Waals surface area contributed by atoms with Gasteiger partial charge in [-0.1, -0.05) is 12.8 Å². The summed E-state index contributed by atoms with van der Waals surface area (Å²) < 4.78 is 0. The third kappa shape index (κ3) is 4.39. The molecule has 1 aromatic carbocycles. The van der Waals surface area contributed by atoms with Gasteiger partial charge in [0.2, 0.25) is 0 Å². The molecule has 0 spiro atoms. The first-order valence-corrected chi connectivity index (χ1v) is 8.27. The molecule has 1 aliphatic rings. The Morgan fingerprint density at radius 1 is 1.10 bits per heavy atom. The average molecular weight is 308 g/mol.